The molecule has 0 amide bonds. The lowest BCUT2D eigenvalue weighted by Gasteiger charge is -2.17. The van der Waals surface area contributed by atoms with Crippen LogP contribution in [0.4, 0.5) is 0 Å². The summed E-state index contributed by atoms with van der Waals surface area (Å²) in [6, 6.07) is 8.94. The van der Waals surface area contributed by atoms with E-state index in [-0.39, 0.29) is 5.56 Å². The molecular weight excluding hydrogens is 582 g/mol. The average Bonchev–Trinajstić information content (AvgIpc) is 2.84. The molecule has 35 heavy (non-hydrogen) atoms. The molecular formula is C25H27Br2N3O5. The number of halogens is 2. The van der Waals surface area contributed by atoms with Crippen LogP contribution in [0.2, 0.25) is 0 Å². The smallest absolute Gasteiger partial charge is 0.346 e. The van der Waals surface area contributed by atoms with Crippen LogP contribution in [-0.4, -0.2) is 41.7 Å². The van der Waals surface area contributed by atoms with Crippen molar-refractivity contribution in [2.75, 3.05) is 13.7 Å². The maximum atomic E-state index is 13.3. The van der Waals surface area contributed by atoms with E-state index in [1.807, 2.05) is 19.1 Å². The molecule has 0 saturated carbocycles. The Kier molecular flexibility index (Phi) is 9.45. The topological polar surface area (TPSA) is 92.0 Å². The van der Waals surface area contributed by atoms with E-state index >= 15 is 0 Å². The number of aryl methyl sites for hydroxylation is 1. The molecule has 1 atom stereocenters. The zero-order chi connectivity index (χ0) is 25.5. The molecule has 0 spiro atoms. The molecule has 1 aromatic heterocycles. The third-order valence-electron chi connectivity index (χ3n) is 5.11. The molecule has 1 heterocycles. The van der Waals surface area contributed by atoms with E-state index < -0.39 is 12.1 Å². The SMILES string of the molecule is CCCCc1nc2ccc(Br)cc2c(=O)n1N=Cc1cc(Br)c(O[C@@H](C)C(=O)OC)c(OCC)c1. The second-order valence-corrected chi connectivity index (χ2v) is 9.47. The van der Waals surface area contributed by atoms with Crippen LogP contribution < -0.4 is 15.0 Å². The van der Waals surface area contributed by atoms with Gasteiger partial charge in [0, 0.05) is 10.9 Å². The van der Waals surface area contributed by atoms with Crippen LogP contribution in [-0.2, 0) is 16.0 Å². The van der Waals surface area contributed by atoms with Gasteiger partial charge in [-0.3, -0.25) is 4.79 Å². The molecule has 3 aromatic rings. The van der Waals surface area contributed by atoms with Crippen LogP contribution in [0.1, 0.15) is 45.0 Å². The fourth-order valence-corrected chi connectivity index (χ4v) is 4.28. The van der Waals surface area contributed by atoms with Crippen LogP contribution in [0, 0.1) is 0 Å². The number of rotatable bonds is 10. The summed E-state index contributed by atoms with van der Waals surface area (Å²) in [5.41, 5.74) is 1.06. The molecule has 0 aliphatic carbocycles. The standard InChI is InChI=1S/C25H27Br2N3O5/c1-5-7-8-22-29-20-10-9-17(26)13-18(20)24(31)30(22)28-14-16-11-19(27)23(21(12-16)34-6-2)35-15(3)25(32)33-4/h9-15H,5-8H2,1-4H3/t15-/m0/s1. The predicted molar refractivity (Wildman–Crippen MR) is 143 cm³/mol. The van der Waals surface area contributed by atoms with Gasteiger partial charge in [-0.2, -0.15) is 9.78 Å². The first-order valence-electron chi connectivity index (χ1n) is 11.2. The normalized spacial score (nSPS) is 12.2. The Morgan fingerprint density at radius 1 is 1.23 bits per heavy atom. The third-order valence-corrected chi connectivity index (χ3v) is 6.19. The lowest BCUT2D eigenvalue weighted by Crippen LogP contribution is -2.25. The number of fused-ring (bicyclic) bond motifs is 1. The minimum absolute atomic E-state index is 0.241. The highest BCUT2D eigenvalue weighted by Crippen LogP contribution is 2.37. The monoisotopic (exact) mass is 607 g/mol. The molecule has 0 unspecified atom stereocenters. The number of hydrogen-bond donors (Lipinski definition) is 0. The highest BCUT2D eigenvalue weighted by molar-refractivity contribution is 9.10. The second kappa shape index (κ2) is 12.3. The first-order valence-corrected chi connectivity index (χ1v) is 12.8. The summed E-state index contributed by atoms with van der Waals surface area (Å²) < 4.78 is 19.0. The molecule has 2 aromatic carbocycles. The van der Waals surface area contributed by atoms with Crippen molar-refractivity contribution >= 4 is 54.9 Å². The number of nitrogens with zero attached hydrogens (tertiary/aromatic N) is 3. The minimum atomic E-state index is -0.822. The van der Waals surface area contributed by atoms with Crippen molar-refractivity contribution in [3.8, 4) is 11.5 Å². The summed E-state index contributed by atoms with van der Waals surface area (Å²) in [6.45, 7) is 5.92. The van der Waals surface area contributed by atoms with Crippen molar-refractivity contribution in [3.05, 3.63) is 61.0 Å². The van der Waals surface area contributed by atoms with Gasteiger partial charge in [-0.25, -0.2) is 9.78 Å². The quantitative estimate of drug-likeness (QED) is 0.223. The zero-order valence-electron chi connectivity index (χ0n) is 20.0. The van der Waals surface area contributed by atoms with E-state index in [0.29, 0.717) is 51.3 Å². The van der Waals surface area contributed by atoms with Gasteiger partial charge < -0.3 is 14.2 Å². The summed E-state index contributed by atoms with van der Waals surface area (Å²) in [4.78, 5) is 29.8. The first kappa shape index (κ1) is 26.9. The number of ether oxygens (including phenoxy) is 3. The van der Waals surface area contributed by atoms with Gasteiger partial charge in [-0.05, 0) is 72.1 Å². The molecule has 0 aliphatic heterocycles. The number of benzene rings is 2. The molecule has 8 nitrogen and oxygen atoms in total. The van der Waals surface area contributed by atoms with E-state index in [0.717, 1.165) is 17.3 Å². The van der Waals surface area contributed by atoms with E-state index in [1.54, 1.807) is 31.3 Å². The molecule has 0 radical (unpaired) electrons. The number of carbonyl (C=O) groups is 1. The van der Waals surface area contributed by atoms with Crippen molar-refractivity contribution in [2.24, 2.45) is 5.10 Å². The Bertz CT molecular complexity index is 1310. The van der Waals surface area contributed by atoms with Crippen LogP contribution in [0.3, 0.4) is 0 Å². The minimum Gasteiger partial charge on any atom is -0.490 e. The van der Waals surface area contributed by atoms with Gasteiger partial charge in [0.05, 0.1) is 35.3 Å². The van der Waals surface area contributed by atoms with E-state index in [2.05, 4.69) is 43.9 Å². The number of hydrogen-bond acceptors (Lipinski definition) is 7. The van der Waals surface area contributed by atoms with Gasteiger partial charge in [0.15, 0.2) is 17.6 Å². The molecule has 3 rings (SSSR count). The number of unbranched alkanes of at least 4 members (excludes halogenated alkanes) is 1. The second-order valence-electron chi connectivity index (χ2n) is 7.70. The zero-order valence-corrected chi connectivity index (χ0v) is 23.2. The molecule has 186 valence electrons. The Balaban J connectivity index is 2.05. The lowest BCUT2D eigenvalue weighted by atomic mass is 10.2. The Morgan fingerprint density at radius 2 is 2.00 bits per heavy atom. The fraction of sp³-hybridized carbons (Fsp3) is 0.360. The Hall–Kier alpha value is -2.72. The molecule has 0 fully saturated rings. The number of esters is 1. The molecule has 0 saturated heterocycles. The first-order chi connectivity index (χ1) is 16.8. The van der Waals surface area contributed by atoms with Gasteiger partial charge >= 0.3 is 5.97 Å². The summed E-state index contributed by atoms with van der Waals surface area (Å²) in [7, 11) is 1.30. The Labute approximate surface area is 220 Å². The van der Waals surface area contributed by atoms with E-state index in [4.69, 9.17) is 19.2 Å². The van der Waals surface area contributed by atoms with Crippen LogP contribution in [0.15, 0.2) is 49.2 Å². The summed E-state index contributed by atoms with van der Waals surface area (Å²) in [5.74, 6) is 0.899. The van der Waals surface area contributed by atoms with E-state index in [9.17, 15) is 9.59 Å². The maximum Gasteiger partial charge on any atom is 0.346 e. The fourth-order valence-electron chi connectivity index (χ4n) is 3.37. The van der Waals surface area contributed by atoms with Crippen LogP contribution in [0.5, 0.6) is 11.5 Å². The van der Waals surface area contributed by atoms with Crippen molar-refractivity contribution in [2.45, 2.75) is 46.1 Å². The van der Waals surface area contributed by atoms with Gasteiger partial charge in [0.1, 0.15) is 5.82 Å². The predicted octanol–water partition coefficient (Wildman–Crippen LogP) is 5.49. The molecule has 10 heteroatoms. The highest BCUT2D eigenvalue weighted by atomic mass is 79.9. The number of carbonyl (C=O) groups excluding carboxylic acids is 1. The van der Waals surface area contributed by atoms with Crippen molar-refractivity contribution in [3.63, 3.8) is 0 Å². The highest BCUT2D eigenvalue weighted by Gasteiger charge is 2.20. The summed E-state index contributed by atoms with van der Waals surface area (Å²) in [5, 5.41) is 4.97. The molecule has 0 bridgehead atoms. The van der Waals surface area contributed by atoms with Crippen molar-refractivity contribution in [1.29, 1.82) is 0 Å². The van der Waals surface area contributed by atoms with Crippen molar-refractivity contribution in [1.82, 2.24) is 9.66 Å². The molecule has 0 aliphatic rings. The molecule has 0 N–H and O–H groups in total. The van der Waals surface area contributed by atoms with Crippen LogP contribution >= 0.6 is 31.9 Å². The van der Waals surface area contributed by atoms with Crippen molar-refractivity contribution < 1.29 is 19.0 Å². The van der Waals surface area contributed by atoms with Gasteiger partial charge in [0.25, 0.3) is 5.56 Å². The summed E-state index contributed by atoms with van der Waals surface area (Å²) >= 11 is 6.91. The van der Waals surface area contributed by atoms with Gasteiger partial charge in [-0.1, -0.05) is 29.3 Å². The number of methoxy groups -OCH3 is 1. The Morgan fingerprint density at radius 3 is 2.69 bits per heavy atom. The van der Waals surface area contributed by atoms with Gasteiger partial charge in [0.2, 0.25) is 0 Å². The van der Waals surface area contributed by atoms with Crippen LogP contribution in [0.25, 0.3) is 10.9 Å². The third kappa shape index (κ3) is 6.49. The lowest BCUT2D eigenvalue weighted by molar-refractivity contribution is -0.147. The average molecular weight is 609 g/mol. The maximum absolute atomic E-state index is 13.3. The summed E-state index contributed by atoms with van der Waals surface area (Å²) in [6.07, 6.45) is 3.23. The van der Waals surface area contributed by atoms with Gasteiger partial charge in [-0.15, -0.1) is 0 Å². The number of aromatic nitrogens is 2. The van der Waals surface area contributed by atoms with E-state index in [1.165, 1.54) is 11.8 Å². The largest absolute Gasteiger partial charge is 0.490 e.